The summed E-state index contributed by atoms with van der Waals surface area (Å²) in [6.07, 6.45) is 0.00829. The van der Waals surface area contributed by atoms with Crippen molar-refractivity contribution in [3.63, 3.8) is 0 Å². The molecule has 5 nitrogen and oxygen atoms in total. The van der Waals surface area contributed by atoms with Crippen molar-refractivity contribution in [1.29, 1.82) is 5.26 Å². The lowest BCUT2D eigenvalue weighted by atomic mass is 9.96. The zero-order chi connectivity index (χ0) is 21.1. The highest BCUT2D eigenvalue weighted by Crippen LogP contribution is 2.28. The van der Waals surface area contributed by atoms with Crippen molar-refractivity contribution in [2.45, 2.75) is 26.3 Å². The number of hydrogen-bond acceptors (Lipinski definition) is 4. The van der Waals surface area contributed by atoms with Crippen LogP contribution in [0.15, 0.2) is 59.4 Å². The van der Waals surface area contributed by atoms with Gasteiger partial charge < -0.3 is 5.11 Å². The average molecular weight is 407 g/mol. The SMILES string of the molecule is Cc1c(C(=O)Cc2ccc(Cl)cc2)c(O)n(C(C)c2ccccc2)c(=O)c1C#N. The highest BCUT2D eigenvalue weighted by Gasteiger charge is 2.26. The topological polar surface area (TPSA) is 83.1 Å². The average Bonchev–Trinajstić information content (AvgIpc) is 2.70. The number of nitriles is 1. The predicted molar refractivity (Wildman–Crippen MR) is 112 cm³/mol. The summed E-state index contributed by atoms with van der Waals surface area (Å²) in [5.74, 6) is -0.811. The van der Waals surface area contributed by atoms with E-state index in [1.54, 1.807) is 31.2 Å². The lowest BCUT2D eigenvalue weighted by molar-refractivity contribution is 0.0988. The van der Waals surface area contributed by atoms with Gasteiger partial charge in [0.05, 0.1) is 11.6 Å². The normalized spacial score (nSPS) is 11.7. The van der Waals surface area contributed by atoms with Crippen molar-refractivity contribution in [3.05, 3.63) is 97.8 Å². The van der Waals surface area contributed by atoms with E-state index in [9.17, 15) is 20.0 Å². The number of aromatic nitrogens is 1. The second-order valence-corrected chi connectivity index (χ2v) is 7.24. The zero-order valence-electron chi connectivity index (χ0n) is 16.0. The Morgan fingerprint density at radius 1 is 1.17 bits per heavy atom. The van der Waals surface area contributed by atoms with E-state index in [1.807, 2.05) is 36.4 Å². The Labute approximate surface area is 173 Å². The third kappa shape index (κ3) is 3.94. The van der Waals surface area contributed by atoms with E-state index in [4.69, 9.17) is 11.6 Å². The summed E-state index contributed by atoms with van der Waals surface area (Å²) in [4.78, 5) is 25.9. The van der Waals surface area contributed by atoms with Crippen molar-refractivity contribution in [3.8, 4) is 11.9 Å². The first-order valence-electron chi connectivity index (χ1n) is 9.06. The third-order valence-electron chi connectivity index (χ3n) is 4.97. The molecule has 146 valence electrons. The van der Waals surface area contributed by atoms with Gasteiger partial charge in [-0.05, 0) is 42.7 Å². The molecule has 0 saturated carbocycles. The van der Waals surface area contributed by atoms with Crippen molar-refractivity contribution in [2.75, 3.05) is 0 Å². The summed E-state index contributed by atoms with van der Waals surface area (Å²) in [5.41, 5.74) is 0.885. The molecule has 3 rings (SSSR count). The Hall–Kier alpha value is -3.36. The van der Waals surface area contributed by atoms with Crippen LogP contribution in [0.25, 0.3) is 0 Å². The van der Waals surface area contributed by atoms with Gasteiger partial charge in [0.15, 0.2) is 5.78 Å². The highest BCUT2D eigenvalue weighted by atomic mass is 35.5. The van der Waals surface area contributed by atoms with Gasteiger partial charge in [-0.2, -0.15) is 5.26 Å². The molecule has 6 heteroatoms. The van der Waals surface area contributed by atoms with Crippen LogP contribution in [-0.2, 0) is 6.42 Å². The maximum atomic E-state index is 13.0. The smallest absolute Gasteiger partial charge is 0.272 e. The van der Waals surface area contributed by atoms with Gasteiger partial charge in [-0.15, -0.1) is 0 Å². The van der Waals surface area contributed by atoms with Crippen LogP contribution in [-0.4, -0.2) is 15.5 Å². The molecule has 1 heterocycles. The number of carbonyl (C=O) groups excluding carboxylic acids is 1. The molecule has 3 aromatic rings. The lowest BCUT2D eigenvalue weighted by Gasteiger charge is -2.21. The Morgan fingerprint density at radius 2 is 1.79 bits per heavy atom. The minimum Gasteiger partial charge on any atom is -0.494 e. The molecule has 0 aliphatic heterocycles. The lowest BCUT2D eigenvalue weighted by Crippen LogP contribution is -2.29. The first kappa shape index (κ1) is 20.4. The molecule has 1 unspecified atom stereocenters. The molecule has 0 fully saturated rings. The number of ketones is 1. The van der Waals surface area contributed by atoms with Crippen LogP contribution in [0.3, 0.4) is 0 Å². The highest BCUT2D eigenvalue weighted by molar-refractivity contribution is 6.30. The molecule has 0 aliphatic rings. The van der Waals surface area contributed by atoms with Crippen molar-refractivity contribution < 1.29 is 9.90 Å². The van der Waals surface area contributed by atoms with E-state index in [2.05, 4.69) is 0 Å². The fraction of sp³-hybridized carbons (Fsp3) is 0.174. The van der Waals surface area contributed by atoms with Crippen molar-refractivity contribution in [2.24, 2.45) is 0 Å². The number of carbonyl (C=O) groups is 1. The van der Waals surface area contributed by atoms with E-state index in [1.165, 1.54) is 6.92 Å². The summed E-state index contributed by atoms with van der Waals surface area (Å²) >= 11 is 5.89. The van der Waals surface area contributed by atoms with Gasteiger partial charge in [-0.25, -0.2) is 0 Å². The van der Waals surface area contributed by atoms with Gasteiger partial charge in [0, 0.05) is 11.4 Å². The molecule has 1 N–H and O–H groups in total. The third-order valence-corrected chi connectivity index (χ3v) is 5.22. The number of hydrogen-bond donors (Lipinski definition) is 1. The fourth-order valence-corrected chi connectivity index (χ4v) is 3.50. The molecular weight excluding hydrogens is 388 g/mol. The van der Waals surface area contributed by atoms with E-state index < -0.39 is 17.5 Å². The quantitative estimate of drug-likeness (QED) is 0.635. The van der Waals surface area contributed by atoms with Gasteiger partial charge in [-0.3, -0.25) is 14.2 Å². The molecule has 0 radical (unpaired) electrons. The standard InChI is InChI=1S/C23H19ClN2O3/c1-14-19(13-25)22(28)26(15(2)17-6-4-3-5-7-17)23(29)21(14)20(27)12-16-8-10-18(24)11-9-16/h3-11,15,29H,12H2,1-2H3. The second kappa shape index (κ2) is 8.34. The number of benzene rings is 2. The molecule has 1 atom stereocenters. The maximum absolute atomic E-state index is 13.0. The summed E-state index contributed by atoms with van der Waals surface area (Å²) in [7, 11) is 0. The number of rotatable bonds is 5. The number of pyridine rings is 1. The summed E-state index contributed by atoms with van der Waals surface area (Å²) in [6, 6.07) is 17.2. The van der Waals surface area contributed by atoms with Crippen LogP contribution in [0.1, 0.15) is 45.6 Å². The Bertz CT molecular complexity index is 1160. The number of Topliss-reactive ketones (excluding diaryl/α,β-unsaturated/α-hetero) is 1. The van der Waals surface area contributed by atoms with Gasteiger partial charge in [0.25, 0.3) is 5.56 Å². The van der Waals surface area contributed by atoms with E-state index in [0.29, 0.717) is 10.6 Å². The van der Waals surface area contributed by atoms with Crippen LogP contribution in [0.2, 0.25) is 5.02 Å². The fourth-order valence-electron chi connectivity index (χ4n) is 3.37. The molecule has 0 spiro atoms. The van der Waals surface area contributed by atoms with Crippen LogP contribution < -0.4 is 5.56 Å². The van der Waals surface area contributed by atoms with E-state index >= 15 is 0 Å². The van der Waals surface area contributed by atoms with Gasteiger partial charge in [0.1, 0.15) is 11.6 Å². The summed E-state index contributed by atoms with van der Waals surface area (Å²) in [6.45, 7) is 3.24. The largest absolute Gasteiger partial charge is 0.494 e. The molecule has 0 aliphatic carbocycles. The van der Waals surface area contributed by atoms with Gasteiger partial charge in [0.2, 0.25) is 5.88 Å². The minimum atomic E-state index is -0.623. The Balaban J connectivity index is 2.14. The van der Waals surface area contributed by atoms with E-state index in [0.717, 1.165) is 10.1 Å². The van der Waals surface area contributed by atoms with Crippen molar-refractivity contribution >= 4 is 17.4 Å². The monoisotopic (exact) mass is 406 g/mol. The molecule has 2 aromatic carbocycles. The van der Waals surface area contributed by atoms with Crippen molar-refractivity contribution in [1.82, 2.24) is 4.57 Å². The number of nitrogens with zero attached hydrogens (tertiary/aromatic N) is 2. The Morgan fingerprint density at radius 3 is 2.38 bits per heavy atom. The van der Waals surface area contributed by atoms with Crippen LogP contribution >= 0.6 is 11.6 Å². The van der Waals surface area contributed by atoms with Gasteiger partial charge >= 0.3 is 0 Å². The number of halogens is 1. The zero-order valence-corrected chi connectivity index (χ0v) is 16.8. The minimum absolute atomic E-state index is 0.00829. The summed E-state index contributed by atoms with van der Waals surface area (Å²) < 4.78 is 1.11. The Kier molecular flexibility index (Phi) is 5.86. The first-order chi connectivity index (χ1) is 13.8. The number of aromatic hydroxyl groups is 1. The molecule has 0 bridgehead atoms. The van der Waals surface area contributed by atoms with Crippen LogP contribution in [0, 0.1) is 18.3 Å². The van der Waals surface area contributed by atoms with Crippen LogP contribution in [0.4, 0.5) is 0 Å². The molecule has 29 heavy (non-hydrogen) atoms. The molecule has 0 amide bonds. The molecule has 1 aromatic heterocycles. The second-order valence-electron chi connectivity index (χ2n) is 6.80. The molecule has 0 saturated heterocycles. The van der Waals surface area contributed by atoms with E-state index in [-0.39, 0.29) is 28.9 Å². The predicted octanol–water partition coefficient (Wildman–Crippen LogP) is 4.42. The summed E-state index contributed by atoms with van der Waals surface area (Å²) in [5, 5.41) is 21.0. The molecular formula is C23H19ClN2O3. The first-order valence-corrected chi connectivity index (χ1v) is 9.43. The maximum Gasteiger partial charge on any atom is 0.272 e. The van der Waals surface area contributed by atoms with Crippen LogP contribution in [0.5, 0.6) is 5.88 Å². The van der Waals surface area contributed by atoms with Gasteiger partial charge in [-0.1, -0.05) is 54.1 Å².